The predicted octanol–water partition coefficient (Wildman–Crippen LogP) is 3.69. The highest BCUT2D eigenvalue weighted by atomic mass is 35.5. The zero-order valence-corrected chi connectivity index (χ0v) is 14.2. The van der Waals surface area contributed by atoms with Gasteiger partial charge in [-0.15, -0.1) is 0 Å². The van der Waals surface area contributed by atoms with Crippen molar-refractivity contribution >= 4 is 17.5 Å². The number of methoxy groups -OCH3 is 2. The van der Waals surface area contributed by atoms with Gasteiger partial charge < -0.3 is 14.4 Å². The molecule has 1 aliphatic heterocycles. The van der Waals surface area contributed by atoms with Crippen molar-refractivity contribution in [3.05, 3.63) is 57.9 Å². The van der Waals surface area contributed by atoms with Crippen LogP contribution >= 0.6 is 11.6 Å². The Morgan fingerprint density at radius 3 is 2.46 bits per heavy atom. The van der Waals surface area contributed by atoms with Gasteiger partial charge in [0.1, 0.15) is 5.82 Å². The first kappa shape index (κ1) is 16.6. The minimum absolute atomic E-state index is 0.0805. The zero-order valence-electron chi connectivity index (χ0n) is 13.4. The van der Waals surface area contributed by atoms with Gasteiger partial charge in [-0.1, -0.05) is 17.7 Å². The van der Waals surface area contributed by atoms with Crippen molar-refractivity contribution in [3.63, 3.8) is 0 Å². The largest absolute Gasteiger partial charge is 0.493 e. The lowest BCUT2D eigenvalue weighted by Gasteiger charge is -2.30. The molecule has 0 aromatic heterocycles. The third-order valence-corrected chi connectivity index (χ3v) is 4.50. The summed E-state index contributed by atoms with van der Waals surface area (Å²) < 4.78 is 24.6. The van der Waals surface area contributed by atoms with Crippen molar-refractivity contribution in [2.24, 2.45) is 0 Å². The quantitative estimate of drug-likeness (QED) is 0.848. The summed E-state index contributed by atoms with van der Waals surface area (Å²) in [5.74, 6) is 0.256. The number of carbonyl (C=O) groups is 1. The van der Waals surface area contributed by atoms with Gasteiger partial charge in [-0.25, -0.2) is 4.39 Å². The Bertz CT molecular complexity index is 774. The standard InChI is InChI=1S/C18H17ClFNO3/c1-23-15-8-11-6-7-21(10-12(11)9-16(15)24-2)18(22)17-13(19)4-3-5-14(17)20/h3-5,8-9H,6-7,10H2,1-2H3. The molecule has 0 spiro atoms. The molecule has 0 unspecified atom stereocenters. The molecule has 1 amide bonds. The van der Waals surface area contributed by atoms with Crippen molar-refractivity contribution in [1.29, 1.82) is 0 Å². The van der Waals surface area contributed by atoms with Gasteiger partial charge in [0.05, 0.1) is 24.8 Å². The zero-order chi connectivity index (χ0) is 17.3. The van der Waals surface area contributed by atoms with E-state index in [1.807, 2.05) is 12.1 Å². The van der Waals surface area contributed by atoms with E-state index >= 15 is 0 Å². The maximum Gasteiger partial charge on any atom is 0.258 e. The third-order valence-electron chi connectivity index (χ3n) is 4.18. The maximum absolute atomic E-state index is 14.0. The molecule has 0 fully saturated rings. The van der Waals surface area contributed by atoms with E-state index in [2.05, 4.69) is 0 Å². The molecule has 24 heavy (non-hydrogen) atoms. The Morgan fingerprint density at radius 1 is 1.17 bits per heavy atom. The second-order valence-corrected chi connectivity index (χ2v) is 5.96. The van der Waals surface area contributed by atoms with Crippen molar-refractivity contribution in [2.45, 2.75) is 13.0 Å². The highest BCUT2D eigenvalue weighted by Gasteiger charge is 2.26. The van der Waals surface area contributed by atoms with Crippen molar-refractivity contribution in [2.75, 3.05) is 20.8 Å². The maximum atomic E-state index is 14.0. The first-order valence-electron chi connectivity index (χ1n) is 7.52. The summed E-state index contributed by atoms with van der Waals surface area (Å²) in [4.78, 5) is 14.3. The fourth-order valence-electron chi connectivity index (χ4n) is 2.92. The summed E-state index contributed by atoms with van der Waals surface area (Å²) in [6.07, 6.45) is 0.660. The first-order chi connectivity index (χ1) is 11.5. The summed E-state index contributed by atoms with van der Waals surface area (Å²) in [5, 5.41) is 0.123. The molecular formula is C18H17ClFNO3. The Morgan fingerprint density at radius 2 is 1.83 bits per heavy atom. The molecule has 1 aliphatic rings. The van der Waals surface area contributed by atoms with Crippen LogP contribution in [0.15, 0.2) is 30.3 Å². The minimum Gasteiger partial charge on any atom is -0.493 e. The molecule has 2 aromatic rings. The van der Waals surface area contributed by atoms with E-state index in [9.17, 15) is 9.18 Å². The van der Waals surface area contributed by atoms with Crippen LogP contribution in [-0.2, 0) is 13.0 Å². The number of carbonyl (C=O) groups excluding carboxylic acids is 1. The predicted molar refractivity (Wildman–Crippen MR) is 89.4 cm³/mol. The van der Waals surface area contributed by atoms with E-state index < -0.39 is 11.7 Å². The summed E-state index contributed by atoms with van der Waals surface area (Å²) in [5.41, 5.74) is 1.97. The van der Waals surface area contributed by atoms with E-state index in [0.29, 0.717) is 31.0 Å². The van der Waals surface area contributed by atoms with E-state index in [1.165, 1.54) is 18.2 Å². The fraction of sp³-hybridized carbons (Fsp3) is 0.278. The van der Waals surface area contributed by atoms with Gasteiger partial charge in [0, 0.05) is 13.1 Å². The van der Waals surface area contributed by atoms with E-state index in [-0.39, 0.29) is 10.6 Å². The van der Waals surface area contributed by atoms with Crippen LogP contribution in [0.5, 0.6) is 11.5 Å². The van der Waals surface area contributed by atoms with Gasteiger partial charge in [0.2, 0.25) is 0 Å². The van der Waals surface area contributed by atoms with Crippen LogP contribution < -0.4 is 9.47 Å². The van der Waals surface area contributed by atoms with Crippen LogP contribution in [0, 0.1) is 5.82 Å². The van der Waals surface area contributed by atoms with Crippen LogP contribution in [0.4, 0.5) is 4.39 Å². The number of halogens is 2. The molecule has 0 aliphatic carbocycles. The number of hydrogen-bond acceptors (Lipinski definition) is 3. The molecule has 0 saturated heterocycles. The molecule has 0 atom stereocenters. The van der Waals surface area contributed by atoms with Crippen LogP contribution in [0.25, 0.3) is 0 Å². The highest BCUT2D eigenvalue weighted by molar-refractivity contribution is 6.33. The van der Waals surface area contributed by atoms with E-state index in [0.717, 1.165) is 11.1 Å². The van der Waals surface area contributed by atoms with Gasteiger partial charge in [-0.05, 0) is 41.8 Å². The lowest BCUT2D eigenvalue weighted by Crippen LogP contribution is -2.36. The van der Waals surface area contributed by atoms with Gasteiger partial charge in [0.15, 0.2) is 11.5 Å². The number of amides is 1. The molecule has 0 bridgehead atoms. The van der Waals surface area contributed by atoms with Gasteiger partial charge in [-0.3, -0.25) is 4.79 Å². The number of hydrogen-bond donors (Lipinski definition) is 0. The molecule has 6 heteroatoms. The highest BCUT2D eigenvalue weighted by Crippen LogP contribution is 2.34. The Labute approximate surface area is 144 Å². The molecule has 0 N–H and O–H groups in total. The number of rotatable bonds is 3. The Hall–Kier alpha value is -2.27. The molecular weight excluding hydrogens is 333 g/mol. The van der Waals surface area contributed by atoms with Crippen molar-refractivity contribution < 1.29 is 18.7 Å². The summed E-state index contributed by atoms with van der Waals surface area (Å²) in [7, 11) is 3.15. The van der Waals surface area contributed by atoms with Crippen molar-refractivity contribution in [3.8, 4) is 11.5 Å². The van der Waals surface area contributed by atoms with Crippen LogP contribution in [0.3, 0.4) is 0 Å². The minimum atomic E-state index is -0.606. The fourth-order valence-corrected chi connectivity index (χ4v) is 3.16. The average molecular weight is 350 g/mol. The Balaban J connectivity index is 1.91. The number of fused-ring (bicyclic) bond motifs is 1. The lowest BCUT2D eigenvalue weighted by atomic mass is 9.98. The first-order valence-corrected chi connectivity index (χ1v) is 7.90. The van der Waals surface area contributed by atoms with E-state index in [1.54, 1.807) is 19.1 Å². The molecule has 1 heterocycles. The van der Waals surface area contributed by atoms with Gasteiger partial charge in [0.25, 0.3) is 5.91 Å². The van der Waals surface area contributed by atoms with Gasteiger partial charge >= 0.3 is 0 Å². The molecule has 126 valence electrons. The van der Waals surface area contributed by atoms with Crippen LogP contribution in [0.1, 0.15) is 21.5 Å². The van der Waals surface area contributed by atoms with Crippen LogP contribution in [-0.4, -0.2) is 31.6 Å². The Kier molecular flexibility index (Phi) is 4.62. The SMILES string of the molecule is COc1cc2c(cc1OC)CN(C(=O)c1c(F)cccc1Cl)CC2. The molecule has 0 radical (unpaired) electrons. The number of benzene rings is 2. The lowest BCUT2D eigenvalue weighted by molar-refractivity contribution is 0.0730. The summed E-state index contributed by atoms with van der Waals surface area (Å²) in [6.45, 7) is 0.866. The normalized spacial score (nSPS) is 13.4. The number of ether oxygens (including phenoxy) is 2. The average Bonchev–Trinajstić information content (AvgIpc) is 2.59. The number of nitrogens with zero attached hydrogens (tertiary/aromatic N) is 1. The summed E-state index contributed by atoms with van der Waals surface area (Å²) >= 11 is 6.01. The summed E-state index contributed by atoms with van der Waals surface area (Å²) in [6, 6.07) is 8.02. The topological polar surface area (TPSA) is 38.8 Å². The van der Waals surface area contributed by atoms with Crippen molar-refractivity contribution in [1.82, 2.24) is 4.90 Å². The van der Waals surface area contributed by atoms with E-state index in [4.69, 9.17) is 21.1 Å². The monoisotopic (exact) mass is 349 g/mol. The molecule has 2 aromatic carbocycles. The van der Waals surface area contributed by atoms with Gasteiger partial charge in [-0.2, -0.15) is 0 Å². The molecule has 0 saturated carbocycles. The second kappa shape index (κ2) is 6.69. The molecule has 3 rings (SSSR count). The smallest absolute Gasteiger partial charge is 0.258 e. The molecule has 4 nitrogen and oxygen atoms in total. The van der Waals surface area contributed by atoms with Crippen LogP contribution in [0.2, 0.25) is 5.02 Å². The second-order valence-electron chi connectivity index (χ2n) is 5.55. The third kappa shape index (κ3) is 2.91.